The molecule has 3 aliphatic rings. The van der Waals surface area contributed by atoms with Crippen LogP contribution in [0.2, 0.25) is 0 Å². The maximum Gasteiger partial charge on any atom is 0.308 e. The standard InChI is InChI=1S/C15H22N2O4/c1-9-7-16(8-11(9)15(20)21)12-6-13(18)17(14(12)19)10-4-2-3-5-10/h9-12H,2-8H2,1H3,(H,20,21). The summed E-state index contributed by atoms with van der Waals surface area (Å²) in [5.41, 5.74) is 0. The first-order valence-corrected chi connectivity index (χ1v) is 7.81. The van der Waals surface area contributed by atoms with Gasteiger partial charge in [-0.3, -0.25) is 24.2 Å². The fourth-order valence-electron chi connectivity index (χ4n) is 4.05. The van der Waals surface area contributed by atoms with E-state index in [-0.39, 0.29) is 30.2 Å². The van der Waals surface area contributed by atoms with Gasteiger partial charge in [0.05, 0.1) is 18.4 Å². The molecule has 0 aromatic rings. The predicted octanol–water partition coefficient (Wildman–Crippen LogP) is 0.709. The number of carboxylic acids is 1. The van der Waals surface area contributed by atoms with Crippen LogP contribution in [-0.4, -0.2) is 57.9 Å². The van der Waals surface area contributed by atoms with Crippen LogP contribution >= 0.6 is 0 Å². The van der Waals surface area contributed by atoms with Gasteiger partial charge in [0.2, 0.25) is 11.8 Å². The van der Waals surface area contributed by atoms with E-state index in [9.17, 15) is 19.5 Å². The van der Waals surface area contributed by atoms with Gasteiger partial charge in [0.25, 0.3) is 0 Å². The number of hydrogen-bond acceptors (Lipinski definition) is 4. The van der Waals surface area contributed by atoms with Crippen molar-refractivity contribution in [2.45, 2.75) is 51.1 Å². The Balaban J connectivity index is 1.71. The summed E-state index contributed by atoms with van der Waals surface area (Å²) in [6.45, 7) is 2.85. The molecule has 1 saturated carbocycles. The second kappa shape index (κ2) is 5.40. The fourth-order valence-corrected chi connectivity index (χ4v) is 4.05. The molecule has 1 aliphatic carbocycles. The van der Waals surface area contributed by atoms with E-state index in [1.165, 1.54) is 4.90 Å². The number of likely N-dealkylation sites (tertiary alicyclic amines) is 2. The lowest BCUT2D eigenvalue weighted by Gasteiger charge is -2.25. The van der Waals surface area contributed by atoms with E-state index < -0.39 is 17.9 Å². The van der Waals surface area contributed by atoms with Crippen molar-refractivity contribution in [3.63, 3.8) is 0 Å². The van der Waals surface area contributed by atoms with Crippen molar-refractivity contribution < 1.29 is 19.5 Å². The van der Waals surface area contributed by atoms with E-state index in [2.05, 4.69) is 0 Å². The zero-order chi connectivity index (χ0) is 15.1. The molecule has 2 amide bonds. The lowest BCUT2D eigenvalue weighted by atomic mass is 9.99. The summed E-state index contributed by atoms with van der Waals surface area (Å²) in [5, 5.41) is 9.20. The number of carboxylic acid groups (broad SMARTS) is 1. The SMILES string of the molecule is CC1CN(C2CC(=O)N(C3CCCC3)C2=O)CC1C(=O)O. The number of rotatable bonds is 3. The molecular formula is C15H22N2O4. The molecule has 3 atom stereocenters. The Morgan fingerprint density at radius 1 is 1.19 bits per heavy atom. The van der Waals surface area contributed by atoms with Gasteiger partial charge in [-0.05, 0) is 18.8 Å². The van der Waals surface area contributed by atoms with Crippen LogP contribution in [-0.2, 0) is 14.4 Å². The summed E-state index contributed by atoms with van der Waals surface area (Å²) < 4.78 is 0. The van der Waals surface area contributed by atoms with Crippen LogP contribution in [0.3, 0.4) is 0 Å². The number of amides is 2. The van der Waals surface area contributed by atoms with E-state index in [1.807, 2.05) is 11.8 Å². The Hall–Kier alpha value is -1.43. The smallest absolute Gasteiger partial charge is 0.308 e. The van der Waals surface area contributed by atoms with Crippen molar-refractivity contribution in [3.8, 4) is 0 Å². The summed E-state index contributed by atoms with van der Waals surface area (Å²) in [5.74, 6) is -1.41. The first-order chi connectivity index (χ1) is 9.99. The van der Waals surface area contributed by atoms with Gasteiger partial charge < -0.3 is 5.11 Å². The molecule has 6 heteroatoms. The zero-order valence-corrected chi connectivity index (χ0v) is 12.3. The molecule has 0 aromatic carbocycles. The van der Waals surface area contributed by atoms with Crippen LogP contribution < -0.4 is 0 Å². The van der Waals surface area contributed by atoms with Gasteiger partial charge in [-0.2, -0.15) is 0 Å². The molecule has 0 radical (unpaired) electrons. The third-order valence-electron chi connectivity index (χ3n) is 5.25. The molecule has 116 valence electrons. The molecule has 3 fully saturated rings. The van der Waals surface area contributed by atoms with Crippen molar-refractivity contribution in [1.82, 2.24) is 9.80 Å². The van der Waals surface area contributed by atoms with Gasteiger partial charge in [0, 0.05) is 19.1 Å². The molecule has 2 saturated heterocycles. The summed E-state index contributed by atoms with van der Waals surface area (Å²) in [4.78, 5) is 39.4. The van der Waals surface area contributed by atoms with Crippen molar-refractivity contribution in [3.05, 3.63) is 0 Å². The Bertz CT molecular complexity index is 472. The number of imide groups is 1. The minimum absolute atomic E-state index is 0.0194. The molecule has 1 N–H and O–H groups in total. The molecular weight excluding hydrogens is 272 g/mol. The van der Waals surface area contributed by atoms with Crippen molar-refractivity contribution in [1.29, 1.82) is 0 Å². The lowest BCUT2D eigenvalue weighted by Crippen LogP contribution is -2.44. The largest absolute Gasteiger partial charge is 0.481 e. The van der Waals surface area contributed by atoms with Crippen LogP contribution in [0.25, 0.3) is 0 Å². The molecule has 3 unspecified atom stereocenters. The summed E-state index contributed by atoms with van der Waals surface area (Å²) >= 11 is 0. The first-order valence-electron chi connectivity index (χ1n) is 7.81. The van der Waals surface area contributed by atoms with Crippen molar-refractivity contribution in [2.75, 3.05) is 13.1 Å². The highest BCUT2D eigenvalue weighted by Gasteiger charge is 2.48. The number of carbonyl (C=O) groups excluding carboxylic acids is 2. The summed E-state index contributed by atoms with van der Waals surface area (Å²) in [7, 11) is 0. The Morgan fingerprint density at radius 2 is 1.86 bits per heavy atom. The molecule has 2 heterocycles. The van der Waals surface area contributed by atoms with Gasteiger partial charge in [-0.1, -0.05) is 19.8 Å². The molecule has 0 aromatic heterocycles. The van der Waals surface area contributed by atoms with Crippen LogP contribution in [0.15, 0.2) is 0 Å². The average molecular weight is 294 g/mol. The Morgan fingerprint density at radius 3 is 2.43 bits per heavy atom. The molecule has 21 heavy (non-hydrogen) atoms. The number of aliphatic carboxylic acids is 1. The minimum Gasteiger partial charge on any atom is -0.481 e. The van der Waals surface area contributed by atoms with E-state index in [4.69, 9.17) is 0 Å². The Kier molecular flexibility index (Phi) is 3.73. The second-order valence-corrected chi connectivity index (χ2v) is 6.64. The topological polar surface area (TPSA) is 77.9 Å². The van der Waals surface area contributed by atoms with Crippen molar-refractivity contribution in [2.24, 2.45) is 11.8 Å². The highest BCUT2D eigenvalue weighted by molar-refractivity contribution is 6.06. The van der Waals surface area contributed by atoms with Gasteiger partial charge in [0.15, 0.2) is 0 Å². The van der Waals surface area contributed by atoms with Gasteiger partial charge in [-0.25, -0.2) is 0 Å². The number of nitrogens with zero attached hydrogens (tertiary/aromatic N) is 2. The monoisotopic (exact) mass is 294 g/mol. The van der Waals surface area contributed by atoms with Crippen LogP contribution in [0.4, 0.5) is 0 Å². The Labute approximate surface area is 124 Å². The maximum absolute atomic E-state index is 12.6. The van der Waals surface area contributed by atoms with Gasteiger partial charge >= 0.3 is 5.97 Å². The fraction of sp³-hybridized carbons (Fsp3) is 0.800. The van der Waals surface area contributed by atoms with Crippen LogP contribution in [0, 0.1) is 11.8 Å². The average Bonchev–Trinajstić information content (AvgIpc) is 3.09. The van der Waals surface area contributed by atoms with E-state index in [1.54, 1.807) is 0 Å². The minimum atomic E-state index is -0.811. The predicted molar refractivity (Wildman–Crippen MR) is 74.4 cm³/mol. The highest BCUT2D eigenvalue weighted by atomic mass is 16.4. The van der Waals surface area contributed by atoms with E-state index in [0.717, 1.165) is 25.7 Å². The van der Waals surface area contributed by atoms with Crippen LogP contribution in [0.5, 0.6) is 0 Å². The second-order valence-electron chi connectivity index (χ2n) is 6.64. The number of hydrogen-bond donors (Lipinski definition) is 1. The van der Waals surface area contributed by atoms with E-state index >= 15 is 0 Å². The molecule has 0 spiro atoms. The van der Waals surface area contributed by atoms with Gasteiger partial charge in [-0.15, -0.1) is 0 Å². The van der Waals surface area contributed by atoms with E-state index in [0.29, 0.717) is 13.1 Å². The lowest BCUT2D eigenvalue weighted by molar-refractivity contribution is -0.144. The third kappa shape index (κ3) is 2.46. The maximum atomic E-state index is 12.6. The molecule has 0 bridgehead atoms. The van der Waals surface area contributed by atoms with Gasteiger partial charge in [0.1, 0.15) is 0 Å². The summed E-state index contributed by atoms with van der Waals surface area (Å²) in [6.07, 6.45) is 4.20. The zero-order valence-electron chi connectivity index (χ0n) is 12.3. The third-order valence-corrected chi connectivity index (χ3v) is 5.25. The van der Waals surface area contributed by atoms with Crippen molar-refractivity contribution >= 4 is 17.8 Å². The molecule has 2 aliphatic heterocycles. The first kappa shape index (κ1) is 14.5. The summed E-state index contributed by atoms with van der Waals surface area (Å²) in [6, 6.07) is -0.366. The number of carbonyl (C=O) groups is 3. The molecule has 6 nitrogen and oxygen atoms in total. The quantitative estimate of drug-likeness (QED) is 0.776. The van der Waals surface area contributed by atoms with Crippen LogP contribution in [0.1, 0.15) is 39.0 Å². The highest BCUT2D eigenvalue weighted by Crippen LogP contribution is 2.33. The normalized spacial score (nSPS) is 35.1. The molecule has 3 rings (SSSR count).